The first kappa shape index (κ1) is 19.1. The van der Waals surface area contributed by atoms with Crippen LogP contribution in [-0.4, -0.2) is 31.0 Å². The molecular formula is C17H15F3N2O4. The molecule has 0 bridgehead atoms. The highest BCUT2D eigenvalue weighted by atomic mass is 19.4. The number of carbonyl (C=O) groups excluding carboxylic acids is 1. The Balaban J connectivity index is 2.01. The Morgan fingerprint density at radius 1 is 1.23 bits per heavy atom. The number of oxime groups is 1. The van der Waals surface area contributed by atoms with Gasteiger partial charge in [0.25, 0.3) is 5.91 Å². The first-order chi connectivity index (χ1) is 12.3. The molecule has 2 rings (SSSR count). The van der Waals surface area contributed by atoms with E-state index in [4.69, 9.17) is 14.7 Å². The van der Waals surface area contributed by atoms with Crippen molar-refractivity contribution in [2.45, 2.75) is 6.18 Å². The number of hydrogen-bond acceptors (Lipinski definition) is 5. The number of nitrogens with one attached hydrogen (secondary N) is 1. The Kier molecular flexibility index (Phi) is 6.05. The molecule has 0 radical (unpaired) electrons. The van der Waals surface area contributed by atoms with Gasteiger partial charge in [0.05, 0.1) is 18.9 Å². The van der Waals surface area contributed by atoms with Crippen LogP contribution < -0.4 is 14.8 Å². The van der Waals surface area contributed by atoms with Crippen molar-refractivity contribution in [1.29, 1.82) is 0 Å². The highest BCUT2D eigenvalue weighted by Gasteiger charge is 2.30. The van der Waals surface area contributed by atoms with Gasteiger partial charge in [-0.05, 0) is 36.4 Å². The van der Waals surface area contributed by atoms with Gasteiger partial charge in [-0.15, -0.1) is 0 Å². The Bertz CT molecular complexity index is 807. The van der Waals surface area contributed by atoms with Crippen LogP contribution in [-0.2, 0) is 11.0 Å². The fourth-order valence-corrected chi connectivity index (χ4v) is 2.06. The van der Waals surface area contributed by atoms with Gasteiger partial charge in [-0.3, -0.25) is 4.79 Å². The van der Waals surface area contributed by atoms with Crippen molar-refractivity contribution in [1.82, 2.24) is 0 Å². The largest absolute Gasteiger partial charge is 0.493 e. The minimum absolute atomic E-state index is 0.00916. The Morgan fingerprint density at radius 2 is 2.00 bits per heavy atom. The molecule has 2 N–H and O–H groups in total. The average Bonchev–Trinajstić information content (AvgIpc) is 2.60. The van der Waals surface area contributed by atoms with Crippen molar-refractivity contribution < 1.29 is 32.6 Å². The summed E-state index contributed by atoms with van der Waals surface area (Å²) in [6.07, 6.45) is -3.31. The Morgan fingerprint density at radius 3 is 2.65 bits per heavy atom. The van der Waals surface area contributed by atoms with E-state index >= 15 is 0 Å². The highest BCUT2D eigenvalue weighted by molar-refractivity contribution is 5.92. The summed E-state index contributed by atoms with van der Waals surface area (Å²) in [5, 5.41) is 13.7. The van der Waals surface area contributed by atoms with E-state index in [-0.39, 0.29) is 11.4 Å². The lowest BCUT2D eigenvalue weighted by Gasteiger charge is -2.12. The van der Waals surface area contributed by atoms with E-state index in [9.17, 15) is 18.0 Å². The van der Waals surface area contributed by atoms with Crippen LogP contribution in [0.4, 0.5) is 18.9 Å². The molecule has 9 heteroatoms. The van der Waals surface area contributed by atoms with Crippen LogP contribution in [0.5, 0.6) is 11.5 Å². The number of benzene rings is 2. The zero-order chi connectivity index (χ0) is 19.2. The van der Waals surface area contributed by atoms with Crippen molar-refractivity contribution in [3.05, 3.63) is 53.6 Å². The second kappa shape index (κ2) is 8.24. The number of ether oxygens (including phenoxy) is 2. The van der Waals surface area contributed by atoms with Gasteiger partial charge < -0.3 is 20.0 Å². The molecule has 1 amide bonds. The van der Waals surface area contributed by atoms with Crippen molar-refractivity contribution in [3.63, 3.8) is 0 Å². The van der Waals surface area contributed by atoms with Gasteiger partial charge in [0, 0.05) is 11.3 Å². The summed E-state index contributed by atoms with van der Waals surface area (Å²) in [5.74, 6) is -0.0802. The summed E-state index contributed by atoms with van der Waals surface area (Å²) >= 11 is 0. The van der Waals surface area contributed by atoms with Crippen molar-refractivity contribution in [2.24, 2.45) is 5.16 Å². The SMILES string of the molecule is COc1cc(C=NO)ccc1OCC(=O)Nc1cccc(C(F)(F)F)c1. The minimum Gasteiger partial charge on any atom is -0.493 e. The summed E-state index contributed by atoms with van der Waals surface area (Å²) in [7, 11) is 1.39. The van der Waals surface area contributed by atoms with E-state index in [1.54, 1.807) is 6.07 Å². The van der Waals surface area contributed by atoms with Crippen LogP contribution in [0.15, 0.2) is 47.6 Å². The standard InChI is InChI=1S/C17H15F3N2O4/c1-25-15-7-11(9-21-24)5-6-14(15)26-10-16(23)22-13-4-2-3-12(8-13)17(18,19)20/h2-9,24H,10H2,1H3,(H,22,23). The number of hydrogen-bond donors (Lipinski definition) is 2. The smallest absolute Gasteiger partial charge is 0.416 e. The van der Waals surface area contributed by atoms with E-state index in [0.717, 1.165) is 12.1 Å². The fraction of sp³-hybridized carbons (Fsp3) is 0.176. The number of methoxy groups -OCH3 is 1. The molecular weight excluding hydrogens is 353 g/mol. The summed E-state index contributed by atoms with van der Waals surface area (Å²) in [6, 6.07) is 8.89. The molecule has 0 fully saturated rings. The van der Waals surface area contributed by atoms with Crippen LogP contribution >= 0.6 is 0 Å². The second-order valence-corrected chi connectivity index (χ2v) is 5.07. The zero-order valence-corrected chi connectivity index (χ0v) is 13.6. The Hall–Kier alpha value is -3.23. The number of alkyl halides is 3. The van der Waals surface area contributed by atoms with E-state index in [1.807, 2.05) is 0 Å². The molecule has 26 heavy (non-hydrogen) atoms. The number of anilines is 1. The second-order valence-electron chi connectivity index (χ2n) is 5.07. The molecule has 0 aromatic heterocycles. The van der Waals surface area contributed by atoms with Crippen molar-refractivity contribution >= 4 is 17.8 Å². The quantitative estimate of drug-likeness (QED) is 0.464. The molecule has 0 aliphatic rings. The van der Waals surface area contributed by atoms with Crippen molar-refractivity contribution in [3.8, 4) is 11.5 Å². The molecule has 0 spiro atoms. The maximum absolute atomic E-state index is 12.7. The Labute approximate surface area is 146 Å². The molecule has 0 saturated heterocycles. The first-order valence-electron chi connectivity index (χ1n) is 7.29. The molecule has 0 atom stereocenters. The van der Waals surface area contributed by atoms with Crippen LogP contribution in [0.3, 0.4) is 0 Å². The molecule has 0 aliphatic carbocycles. The van der Waals surface area contributed by atoms with Crippen LogP contribution in [0.1, 0.15) is 11.1 Å². The van der Waals surface area contributed by atoms with Gasteiger partial charge in [0.1, 0.15) is 0 Å². The third kappa shape index (κ3) is 5.13. The first-order valence-corrected chi connectivity index (χ1v) is 7.29. The molecule has 138 valence electrons. The summed E-state index contributed by atoms with van der Waals surface area (Å²) in [5.41, 5.74) is -0.306. The lowest BCUT2D eigenvalue weighted by Crippen LogP contribution is -2.20. The van der Waals surface area contributed by atoms with Gasteiger partial charge in [0.15, 0.2) is 18.1 Å². The summed E-state index contributed by atoms with van der Waals surface area (Å²) in [6.45, 7) is -0.431. The number of nitrogens with zero attached hydrogens (tertiary/aromatic N) is 1. The van der Waals surface area contributed by atoms with E-state index < -0.39 is 24.3 Å². The van der Waals surface area contributed by atoms with Crippen molar-refractivity contribution in [2.75, 3.05) is 19.0 Å². The van der Waals surface area contributed by atoms with E-state index in [0.29, 0.717) is 11.3 Å². The number of amides is 1. The highest BCUT2D eigenvalue weighted by Crippen LogP contribution is 2.31. The third-order valence-corrected chi connectivity index (χ3v) is 3.23. The molecule has 0 heterocycles. The normalized spacial score (nSPS) is 11.4. The monoisotopic (exact) mass is 368 g/mol. The number of rotatable bonds is 6. The van der Waals surface area contributed by atoms with Gasteiger partial charge in [-0.25, -0.2) is 0 Å². The van der Waals surface area contributed by atoms with Gasteiger partial charge in [0.2, 0.25) is 0 Å². The predicted molar refractivity (Wildman–Crippen MR) is 87.9 cm³/mol. The summed E-state index contributed by atoms with van der Waals surface area (Å²) < 4.78 is 48.4. The van der Waals surface area contributed by atoms with Crippen LogP contribution in [0.2, 0.25) is 0 Å². The lowest BCUT2D eigenvalue weighted by atomic mass is 10.2. The van der Waals surface area contributed by atoms with Gasteiger partial charge in [-0.1, -0.05) is 11.2 Å². The zero-order valence-electron chi connectivity index (χ0n) is 13.6. The topological polar surface area (TPSA) is 80.2 Å². The van der Waals surface area contributed by atoms with E-state index in [1.165, 1.54) is 37.6 Å². The van der Waals surface area contributed by atoms with Gasteiger partial charge >= 0.3 is 6.18 Å². The van der Waals surface area contributed by atoms with Crippen LogP contribution in [0.25, 0.3) is 0 Å². The number of halogens is 3. The maximum atomic E-state index is 12.7. The van der Waals surface area contributed by atoms with Gasteiger partial charge in [-0.2, -0.15) is 13.2 Å². The molecule has 6 nitrogen and oxygen atoms in total. The molecule has 0 aliphatic heterocycles. The van der Waals surface area contributed by atoms with E-state index in [2.05, 4.69) is 10.5 Å². The van der Waals surface area contributed by atoms with Crippen LogP contribution in [0, 0.1) is 0 Å². The maximum Gasteiger partial charge on any atom is 0.416 e. The molecule has 0 saturated carbocycles. The number of carbonyl (C=O) groups is 1. The lowest BCUT2D eigenvalue weighted by molar-refractivity contribution is -0.137. The summed E-state index contributed by atoms with van der Waals surface area (Å²) in [4.78, 5) is 11.9. The fourth-order valence-electron chi connectivity index (χ4n) is 2.06. The third-order valence-electron chi connectivity index (χ3n) is 3.23. The average molecular weight is 368 g/mol. The molecule has 2 aromatic carbocycles. The predicted octanol–water partition coefficient (Wildman–Crippen LogP) is 3.54. The minimum atomic E-state index is -4.50. The molecule has 2 aromatic rings. The molecule has 0 unspecified atom stereocenters.